The van der Waals surface area contributed by atoms with Gasteiger partial charge in [0, 0.05) is 6.26 Å². The van der Waals surface area contributed by atoms with Gasteiger partial charge in [0.05, 0.1) is 22.6 Å². The molecule has 0 radical (unpaired) electrons. The summed E-state index contributed by atoms with van der Waals surface area (Å²) < 4.78 is 58.6. The Morgan fingerprint density at radius 3 is 2.04 bits per heavy atom. The van der Waals surface area contributed by atoms with Gasteiger partial charge in [-0.3, -0.25) is 0 Å². The molecule has 0 amide bonds. The maximum absolute atomic E-state index is 14.9. The van der Waals surface area contributed by atoms with Crippen LogP contribution in [0.3, 0.4) is 0 Å². The minimum Gasteiger partial charge on any atom is -0.494 e. The number of halogens is 4. The van der Waals surface area contributed by atoms with E-state index in [1.807, 2.05) is 0 Å². The van der Waals surface area contributed by atoms with Crippen molar-refractivity contribution in [3.63, 3.8) is 0 Å². The summed E-state index contributed by atoms with van der Waals surface area (Å²) in [5, 5.41) is -2.86. The van der Waals surface area contributed by atoms with E-state index in [-0.39, 0.29) is 15.8 Å². The number of ether oxygens (including phenoxy) is 1. The van der Waals surface area contributed by atoms with Gasteiger partial charge in [0.2, 0.25) is 0 Å². The average molecular weight is 445 g/mol. The quantitative estimate of drug-likeness (QED) is 0.591. The summed E-state index contributed by atoms with van der Waals surface area (Å²) in [6.45, 7) is 0. The number of hydrogen-bond donors (Lipinski definition) is 0. The summed E-state index contributed by atoms with van der Waals surface area (Å²) in [6.07, 6.45) is 3.61. The lowest BCUT2D eigenvalue weighted by molar-refractivity contribution is 0.315. The van der Waals surface area contributed by atoms with Crippen LogP contribution in [0.25, 0.3) is 0 Å². The molecule has 0 aromatic heterocycles. The molecule has 28 heavy (non-hydrogen) atoms. The highest BCUT2D eigenvalue weighted by Gasteiger charge is 2.49. The van der Waals surface area contributed by atoms with Crippen LogP contribution < -0.4 is 4.74 Å². The summed E-state index contributed by atoms with van der Waals surface area (Å²) in [7, 11) is -2.98. The predicted molar refractivity (Wildman–Crippen MR) is 107 cm³/mol. The third-order valence-electron chi connectivity index (χ3n) is 4.71. The van der Waals surface area contributed by atoms with E-state index in [2.05, 4.69) is 0 Å². The van der Waals surface area contributed by atoms with Crippen molar-refractivity contribution in [3.05, 3.63) is 87.7 Å². The van der Waals surface area contributed by atoms with E-state index in [9.17, 15) is 17.2 Å². The Hall–Kier alpha value is -1.89. The molecule has 2 unspecified atom stereocenters. The smallest absolute Gasteiger partial charge is 0.278 e. The third-order valence-corrected chi connectivity index (χ3v) is 6.68. The first-order valence-corrected chi connectivity index (χ1v) is 10.8. The van der Waals surface area contributed by atoms with E-state index in [1.54, 1.807) is 30.3 Å². The Kier molecular flexibility index (Phi) is 5.34. The molecule has 2 atom stereocenters. The van der Waals surface area contributed by atoms with Crippen molar-refractivity contribution in [1.29, 1.82) is 0 Å². The number of sulfone groups is 1. The molecule has 148 valence electrons. The minimum absolute atomic E-state index is 0.183. The summed E-state index contributed by atoms with van der Waals surface area (Å²) in [4.78, 5) is 0. The van der Waals surface area contributed by atoms with Gasteiger partial charge < -0.3 is 4.74 Å². The first-order valence-electron chi connectivity index (χ1n) is 8.12. The SMILES string of the molecule is COc1c(Cl)cc(C2(c3ccccc3)C=CC(F)(S(C)(=O)=O)C(F)=C2)cc1Cl. The van der Waals surface area contributed by atoms with Gasteiger partial charge in [0.25, 0.3) is 5.00 Å². The lowest BCUT2D eigenvalue weighted by Gasteiger charge is -2.35. The van der Waals surface area contributed by atoms with Crippen LogP contribution in [0.1, 0.15) is 11.1 Å². The van der Waals surface area contributed by atoms with E-state index in [4.69, 9.17) is 27.9 Å². The maximum Gasteiger partial charge on any atom is 0.278 e. The fourth-order valence-corrected chi connectivity index (χ4v) is 4.57. The highest BCUT2D eigenvalue weighted by molar-refractivity contribution is 7.92. The monoisotopic (exact) mass is 444 g/mol. The van der Waals surface area contributed by atoms with Crippen molar-refractivity contribution < 1.29 is 21.9 Å². The fraction of sp³-hybridized carbons (Fsp3) is 0.200. The van der Waals surface area contributed by atoms with Crippen LogP contribution in [0.5, 0.6) is 5.75 Å². The van der Waals surface area contributed by atoms with Gasteiger partial charge in [-0.1, -0.05) is 59.6 Å². The second-order valence-electron chi connectivity index (χ2n) is 6.45. The van der Waals surface area contributed by atoms with Crippen LogP contribution in [-0.4, -0.2) is 26.8 Å². The molecule has 0 spiro atoms. The average Bonchev–Trinajstić information content (AvgIpc) is 2.63. The Labute approximate surface area is 172 Å². The predicted octanol–water partition coefficient (Wildman–Crippen LogP) is 5.42. The molecule has 1 aliphatic rings. The molecular formula is C20H16Cl2F2O3S. The van der Waals surface area contributed by atoms with E-state index in [1.165, 1.54) is 25.3 Å². The molecule has 0 heterocycles. The van der Waals surface area contributed by atoms with Crippen LogP contribution >= 0.6 is 23.2 Å². The van der Waals surface area contributed by atoms with Crippen molar-refractivity contribution in [1.82, 2.24) is 0 Å². The van der Waals surface area contributed by atoms with Gasteiger partial charge in [-0.2, -0.15) is 0 Å². The van der Waals surface area contributed by atoms with Gasteiger partial charge in [-0.25, -0.2) is 17.2 Å². The Bertz CT molecular complexity index is 1060. The number of benzene rings is 2. The first kappa shape index (κ1) is 20.8. The van der Waals surface area contributed by atoms with E-state index in [0.29, 0.717) is 17.4 Å². The van der Waals surface area contributed by atoms with E-state index < -0.39 is 26.1 Å². The molecule has 3 rings (SSSR count). The van der Waals surface area contributed by atoms with Crippen molar-refractivity contribution >= 4 is 33.0 Å². The summed E-state index contributed by atoms with van der Waals surface area (Å²) in [6, 6.07) is 11.7. The minimum atomic E-state index is -4.39. The second kappa shape index (κ2) is 7.17. The molecule has 0 N–H and O–H groups in total. The molecule has 0 saturated carbocycles. The van der Waals surface area contributed by atoms with Crippen LogP contribution in [-0.2, 0) is 15.3 Å². The highest BCUT2D eigenvalue weighted by atomic mass is 35.5. The normalized spacial score (nSPS) is 24.7. The lowest BCUT2D eigenvalue weighted by Crippen LogP contribution is -2.38. The number of alkyl halides is 1. The van der Waals surface area contributed by atoms with Crippen molar-refractivity contribution in [2.45, 2.75) is 10.4 Å². The van der Waals surface area contributed by atoms with Gasteiger partial charge >= 0.3 is 0 Å². The molecule has 1 aliphatic carbocycles. The maximum atomic E-state index is 14.9. The van der Waals surface area contributed by atoms with Crippen LogP contribution in [0.15, 0.2) is 66.5 Å². The standard InChI is InChI=1S/C20H16Cl2F2O3S/c1-27-18-15(21)10-14(11-16(18)22)19(13-6-4-3-5-7-13)8-9-20(24,17(23)12-19)28(2,25)26/h3-12H,1-2H3. The van der Waals surface area contributed by atoms with Crippen LogP contribution in [0.4, 0.5) is 8.78 Å². The zero-order chi connectivity index (χ0) is 20.7. The summed E-state index contributed by atoms with van der Waals surface area (Å²) >= 11 is 12.5. The molecule has 0 aliphatic heterocycles. The van der Waals surface area contributed by atoms with Gasteiger partial charge in [-0.05, 0) is 35.4 Å². The Balaban J connectivity index is 2.32. The van der Waals surface area contributed by atoms with Crippen LogP contribution in [0, 0.1) is 0 Å². The van der Waals surface area contributed by atoms with Crippen molar-refractivity contribution in [3.8, 4) is 5.75 Å². The van der Waals surface area contributed by atoms with Crippen molar-refractivity contribution in [2.24, 2.45) is 0 Å². The Morgan fingerprint density at radius 1 is 1.00 bits per heavy atom. The zero-order valence-electron chi connectivity index (χ0n) is 14.9. The number of rotatable bonds is 4. The summed E-state index contributed by atoms with van der Waals surface area (Å²) in [5.41, 5.74) is -0.309. The third kappa shape index (κ3) is 3.23. The Morgan fingerprint density at radius 2 is 1.57 bits per heavy atom. The largest absolute Gasteiger partial charge is 0.494 e. The topological polar surface area (TPSA) is 43.4 Å². The van der Waals surface area contributed by atoms with E-state index in [0.717, 1.165) is 12.2 Å². The molecule has 3 nitrogen and oxygen atoms in total. The molecule has 0 bridgehead atoms. The van der Waals surface area contributed by atoms with Gasteiger partial charge in [0.15, 0.2) is 21.4 Å². The van der Waals surface area contributed by atoms with Crippen LogP contribution in [0.2, 0.25) is 10.0 Å². The van der Waals surface area contributed by atoms with E-state index >= 15 is 0 Å². The first-order chi connectivity index (χ1) is 13.0. The number of hydrogen-bond acceptors (Lipinski definition) is 3. The van der Waals surface area contributed by atoms with Gasteiger partial charge in [-0.15, -0.1) is 0 Å². The molecule has 2 aromatic rings. The van der Waals surface area contributed by atoms with Gasteiger partial charge in [0.1, 0.15) is 0 Å². The second-order valence-corrected chi connectivity index (χ2v) is 9.40. The zero-order valence-corrected chi connectivity index (χ0v) is 17.2. The number of allylic oxidation sites excluding steroid dienone is 2. The molecular weight excluding hydrogens is 429 g/mol. The summed E-state index contributed by atoms with van der Waals surface area (Å²) in [5.74, 6) is -1.18. The van der Waals surface area contributed by atoms with Crippen molar-refractivity contribution in [2.75, 3.05) is 13.4 Å². The number of methoxy groups -OCH3 is 1. The molecule has 8 heteroatoms. The molecule has 0 fully saturated rings. The highest BCUT2D eigenvalue weighted by Crippen LogP contribution is 2.47. The molecule has 2 aromatic carbocycles. The fourth-order valence-electron chi connectivity index (χ4n) is 3.20. The lowest BCUT2D eigenvalue weighted by atomic mass is 9.71. The molecule has 0 saturated heterocycles.